The highest BCUT2D eigenvalue weighted by Gasteiger charge is 2.69. The molecule has 1 aromatic carbocycles. The second-order valence-electron chi connectivity index (χ2n) is 6.06. The summed E-state index contributed by atoms with van der Waals surface area (Å²) in [6, 6.07) is 2.73. The molecule has 30 heavy (non-hydrogen) atoms. The van der Waals surface area contributed by atoms with Gasteiger partial charge in [-0.3, -0.25) is 0 Å². The Bertz CT molecular complexity index is 690. The minimum atomic E-state index is -6.00. The molecule has 0 fully saturated rings. The Hall–Kier alpha value is -1.56. The molecule has 3 radical (unpaired) electrons. The summed E-state index contributed by atoms with van der Waals surface area (Å²) in [5, 5.41) is 0.407. The summed E-state index contributed by atoms with van der Waals surface area (Å²) in [5.74, 6) is -11.7. The lowest BCUT2D eigenvalue weighted by Crippen LogP contribution is -2.56. The SMILES string of the molecule is CCOc1c([Si])ccc(C(CC)OC(F)C(F)(F)C(F)(F)C(F)C(F)F)c1OCC. The van der Waals surface area contributed by atoms with Crippen LogP contribution in [0, 0.1) is 0 Å². The maximum absolute atomic E-state index is 14.1. The molecule has 0 aromatic heterocycles. The van der Waals surface area contributed by atoms with E-state index in [1.165, 1.54) is 19.1 Å². The molecule has 0 saturated heterocycles. The van der Waals surface area contributed by atoms with Crippen molar-refractivity contribution in [1.29, 1.82) is 0 Å². The Kier molecular flexibility index (Phi) is 9.40. The molecule has 12 heteroatoms. The molecule has 0 heterocycles. The van der Waals surface area contributed by atoms with Crippen LogP contribution in [0.4, 0.5) is 35.1 Å². The number of halogens is 8. The first-order chi connectivity index (χ1) is 13.9. The topological polar surface area (TPSA) is 27.7 Å². The monoisotopic (exact) mass is 465 g/mol. The average molecular weight is 465 g/mol. The molecule has 0 amide bonds. The van der Waals surface area contributed by atoms with Crippen molar-refractivity contribution in [2.75, 3.05) is 13.2 Å². The molecule has 3 nitrogen and oxygen atoms in total. The van der Waals surface area contributed by atoms with Gasteiger partial charge in [-0.1, -0.05) is 19.1 Å². The fourth-order valence-electron chi connectivity index (χ4n) is 2.52. The van der Waals surface area contributed by atoms with Gasteiger partial charge in [0.1, 0.15) is 0 Å². The van der Waals surface area contributed by atoms with Crippen molar-refractivity contribution in [3.63, 3.8) is 0 Å². The lowest BCUT2D eigenvalue weighted by atomic mass is 10.0. The summed E-state index contributed by atoms with van der Waals surface area (Å²) in [7, 11) is 3.27. The predicted octanol–water partition coefficient (Wildman–Crippen LogP) is 4.91. The van der Waals surface area contributed by atoms with Crippen molar-refractivity contribution in [3.05, 3.63) is 17.7 Å². The standard InChI is InChI=1S/C18H21F8O3Si/c1-4-10(9-7-8-11(30)13(28-6-3)12(9)27-5-2)29-16(22)18(25,26)17(23,24)14(19)15(20)21/h7-8,10,14-16H,4-6H2,1-3H3. The molecule has 3 unspecified atom stereocenters. The van der Waals surface area contributed by atoms with E-state index in [1.807, 2.05) is 0 Å². The zero-order chi connectivity index (χ0) is 23.3. The van der Waals surface area contributed by atoms with Gasteiger partial charge >= 0.3 is 11.8 Å². The second kappa shape index (κ2) is 10.6. The third kappa shape index (κ3) is 5.37. The Labute approximate surface area is 172 Å². The highest BCUT2D eigenvalue weighted by Crippen LogP contribution is 2.46. The first kappa shape index (κ1) is 26.5. The maximum atomic E-state index is 14.1. The highest BCUT2D eigenvalue weighted by molar-refractivity contribution is 6.34. The third-order valence-electron chi connectivity index (χ3n) is 4.02. The summed E-state index contributed by atoms with van der Waals surface area (Å²) in [5.41, 5.74) is -0.00257. The van der Waals surface area contributed by atoms with E-state index in [2.05, 4.69) is 15.0 Å². The predicted molar refractivity (Wildman–Crippen MR) is 94.0 cm³/mol. The van der Waals surface area contributed by atoms with Gasteiger partial charge in [-0.05, 0) is 25.5 Å². The van der Waals surface area contributed by atoms with E-state index in [4.69, 9.17) is 9.47 Å². The van der Waals surface area contributed by atoms with Crippen LogP contribution in [0.5, 0.6) is 11.5 Å². The Morgan fingerprint density at radius 2 is 1.40 bits per heavy atom. The normalized spacial score (nSPS) is 15.8. The summed E-state index contributed by atoms with van der Waals surface area (Å²) >= 11 is 0. The van der Waals surface area contributed by atoms with E-state index in [0.717, 1.165) is 0 Å². The maximum Gasteiger partial charge on any atom is 0.367 e. The molecule has 0 spiro atoms. The first-order valence-electron chi connectivity index (χ1n) is 8.98. The molecular weight excluding hydrogens is 444 g/mol. The molecule has 0 saturated carbocycles. The third-order valence-corrected chi connectivity index (χ3v) is 4.41. The van der Waals surface area contributed by atoms with E-state index in [1.54, 1.807) is 13.8 Å². The van der Waals surface area contributed by atoms with E-state index < -0.39 is 36.9 Å². The van der Waals surface area contributed by atoms with Crippen LogP contribution in [0.1, 0.15) is 38.9 Å². The number of benzene rings is 1. The Balaban J connectivity index is 3.30. The fourth-order valence-corrected chi connectivity index (χ4v) is 2.79. The molecule has 3 atom stereocenters. The van der Waals surface area contributed by atoms with E-state index >= 15 is 0 Å². The number of alkyl halides is 8. The van der Waals surface area contributed by atoms with E-state index in [9.17, 15) is 35.1 Å². The van der Waals surface area contributed by atoms with Crippen LogP contribution in [0.3, 0.4) is 0 Å². The minimum absolute atomic E-state index is 0.00257. The van der Waals surface area contributed by atoms with Gasteiger partial charge in [0.2, 0.25) is 6.17 Å². The molecule has 171 valence electrons. The molecule has 0 N–H and O–H groups in total. The van der Waals surface area contributed by atoms with Crippen molar-refractivity contribution in [2.45, 2.75) is 64.1 Å². The van der Waals surface area contributed by atoms with Crippen LogP contribution in [0.25, 0.3) is 0 Å². The van der Waals surface area contributed by atoms with Crippen molar-refractivity contribution in [1.82, 2.24) is 0 Å². The zero-order valence-corrected chi connectivity index (χ0v) is 17.3. The van der Waals surface area contributed by atoms with Crippen molar-refractivity contribution in [2.24, 2.45) is 0 Å². The van der Waals surface area contributed by atoms with Crippen LogP contribution in [0.2, 0.25) is 0 Å². The second-order valence-corrected chi connectivity index (χ2v) is 6.60. The van der Waals surface area contributed by atoms with Crippen molar-refractivity contribution in [3.8, 4) is 11.5 Å². The number of ether oxygens (including phenoxy) is 3. The lowest BCUT2D eigenvalue weighted by Gasteiger charge is -2.32. The minimum Gasteiger partial charge on any atom is -0.490 e. The summed E-state index contributed by atoms with van der Waals surface area (Å²) in [6.07, 6.45) is -14.8. The fraction of sp³-hybridized carbons (Fsp3) is 0.667. The highest BCUT2D eigenvalue weighted by atomic mass is 28.1. The molecule has 0 aliphatic rings. The van der Waals surface area contributed by atoms with Crippen molar-refractivity contribution < 1.29 is 49.3 Å². The van der Waals surface area contributed by atoms with Crippen LogP contribution in [-0.4, -0.2) is 54.3 Å². The van der Waals surface area contributed by atoms with Crippen LogP contribution in [0.15, 0.2) is 12.1 Å². The van der Waals surface area contributed by atoms with E-state index in [-0.39, 0.29) is 36.7 Å². The smallest absolute Gasteiger partial charge is 0.367 e. The molecule has 0 aliphatic heterocycles. The number of hydrogen-bond donors (Lipinski definition) is 0. The van der Waals surface area contributed by atoms with Gasteiger partial charge in [0.15, 0.2) is 11.5 Å². The van der Waals surface area contributed by atoms with Gasteiger partial charge in [-0.25, -0.2) is 17.6 Å². The molecule has 1 aromatic rings. The summed E-state index contributed by atoms with van der Waals surface area (Å²) in [4.78, 5) is 0. The van der Waals surface area contributed by atoms with Gasteiger partial charge in [-0.15, -0.1) is 0 Å². The summed E-state index contributed by atoms with van der Waals surface area (Å²) < 4.78 is 122. The van der Waals surface area contributed by atoms with Gasteiger partial charge in [0.25, 0.3) is 12.8 Å². The largest absolute Gasteiger partial charge is 0.490 e. The Morgan fingerprint density at radius 1 is 0.867 bits per heavy atom. The van der Waals surface area contributed by atoms with Gasteiger partial charge < -0.3 is 14.2 Å². The summed E-state index contributed by atoms with van der Waals surface area (Å²) in [6.45, 7) is 4.89. The zero-order valence-electron chi connectivity index (χ0n) is 16.3. The first-order valence-corrected chi connectivity index (χ1v) is 9.48. The molecule has 0 bridgehead atoms. The van der Waals surface area contributed by atoms with Crippen molar-refractivity contribution >= 4 is 15.4 Å². The molecular formula is C18H21F8O3Si. The lowest BCUT2D eigenvalue weighted by molar-refractivity contribution is -0.327. The van der Waals surface area contributed by atoms with Crippen LogP contribution < -0.4 is 14.7 Å². The van der Waals surface area contributed by atoms with Gasteiger partial charge in [0, 0.05) is 5.56 Å². The number of hydrogen-bond acceptors (Lipinski definition) is 3. The quantitative estimate of drug-likeness (QED) is 0.324. The average Bonchev–Trinajstić information content (AvgIpc) is 2.68. The van der Waals surface area contributed by atoms with Crippen LogP contribution >= 0.6 is 0 Å². The van der Waals surface area contributed by atoms with Gasteiger partial charge in [-0.2, -0.15) is 17.6 Å². The molecule has 1 rings (SSSR count). The number of rotatable bonds is 12. The van der Waals surface area contributed by atoms with E-state index in [0.29, 0.717) is 5.19 Å². The van der Waals surface area contributed by atoms with Gasteiger partial charge in [0.05, 0.1) is 29.6 Å². The molecule has 0 aliphatic carbocycles. The Morgan fingerprint density at radius 3 is 1.87 bits per heavy atom. The van der Waals surface area contributed by atoms with Crippen LogP contribution in [-0.2, 0) is 4.74 Å².